The van der Waals surface area contributed by atoms with E-state index < -0.39 is 28.1 Å². The van der Waals surface area contributed by atoms with Crippen LogP contribution < -0.4 is 24.8 Å². The number of hydrogen-bond acceptors (Lipinski definition) is 8. The van der Waals surface area contributed by atoms with Gasteiger partial charge in [0.25, 0.3) is 0 Å². The summed E-state index contributed by atoms with van der Waals surface area (Å²) in [6, 6.07) is 11.5. The van der Waals surface area contributed by atoms with E-state index in [4.69, 9.17) is 18.9 Å². The summed E-state index contributed by atoms with van der Waals surface area (Å²) >= 11 is 0. The fourth-order valence-electron chi connectivity index (χ4n) is 3.63. The van der Waals surface area contributed by atoms with Crippen LogP contribution in [0.1, 0.15) is 5.56 Å². The predicted molar refractivity (Wildman–Crippen MR) is 119 cm³/mol. The number of hydrogen-bond donors (Lipinski definition) is 2. The maximum absolute atomic E-state index is 13.2. The molecule has 0 aromatic heterocycles. The minimum atomic E-state index is -3.94. The number of nitrogens with one attached hydrogen (secondary N) is 2. The predicted octanol–water partition coefficient (Wildman–Crippen LogP) is 0.246. The van der Waals surface area contributed by atoms with Crippen molar-refractivity contribution >= 4 is 21.8 Å². The van der Waals surface area contributed by atoms with Gasteiger partial charge in [-0.25, -0.2) is 8.42 Å². The van der Waals surface area contributed by atoms with Gasteiger partial charge in [0.1, 0.15) is 25.2 Å². The molecule has 2 aromatic rings. The molecule has 2 amide bonds. The maximum Gasteiger partial charge on any atom is 0.309 e. The van der Waals surface area contributed by atoms with Gasteiger partial charge >= 0.3 is 11.8 Å². The van der Waals surface area contributed by atoms with Crippen LogP contribution in [0.2, 0.25) is 0 Å². The van der Waals surface area contributed by atoms with E-state index in [1.54, 1.807) is 30.3 Å². The van der Waals surface area contributed by atoms with Crippen molar-refractivity contribution in [1.82, 2.24) is 14.9 Å². The molecule has 0 bridgehead atoms. The first-order valence-corrected chi connectivity index (χ1v) is 12.0. The minimum Gasteiger partial charge on any atom is -0.496 e. The molecule has 2 aliphatic heterocycles. The highest BCUT2D eigenvalue weighted by Gasteiger charge is 2.37. The number of rotatable bonds is 7. The molecule has 2 aliphatic rings. The third-order valence-electron chi connectivity index (χ3n) is 5.34. The Labute approximate surface area is 197 Å². The number of carbonyl (C=O) groups is 2. The van der Waals surface area contributed by atoms with Crippen LogP contribution in [0.5, 0.6) is 17.2 Å². The molecule has 2 aromatic carbocycles. The lowest BCUT2D eigenvalue weighted by Crippen LogP contribution is -2.47. The number of para-hydroxylation sites is 1. The van der Waals surface area contributed by atoms with Crippen molar-refractivity contribution in [1.29, 1.82) is 0 Å². The van der Waals surface area contributed by atoms with E-state index in [0.717, 1.165) is 4.31 Å². The Morgan fingerprint density at radius 3 is 2.56 bits per heavy atom. The van der Waals surface area contributed by atoms with Gasteiger partial charge in [-0.3, -0.25) is 9.59 Å². The molecule has 34 heavy (non-hydrogen) atoms. The zero-order valence-electron chi connectivity index (χ0n) is 18.5. The van der Waals surface area contributed by atoms with Crippen molar-refractivity contribution in [3.63, 3.8) is 0 Å². The summed E-state index contributed by atoms with van der Waals surface area (Å²) in [5.74, 6) is -0.343. The van der Waals surface area contributed by atoms with Gasteiger partial charge in [-0.15, -0.1) is 0 Å². The van der Waals surface area contributed by atoms with Crippen molar-refractivity contribution < 1.29 is 37.0 Å². The molecular formula is C22H25N3O8S. The molecule has 0 spiro atoms. The Bertz CT molecular complexity index is 1170. The zero-order valence-corrected chi connectivity index (χ0v) is 19.3. The number of amides is 2. The number of nitrogens with zero attached hydrogens (tertiary/aromatic N) is 1. The van der Waals surface area contributed by atoms with Gasteiger partial charge in [-0.2, -0.15) is 4.31 Å². The van der Waals surface area contributed by atoms with E-state index >= 15 is 0 Å². The normalized spacial score (nSPS) is 17.7. The van der Waals surface area contributed by atoms with Crippen LogP contribution in [0.4, 0.5) is 0 Å². The highest BCUT2D eigenvalue weighted by Crippen LogP contribution is 2.34. The van der Waals surface area contributed by atoms with Crippen LogP contribution in [0, 0.1) is 0 Å². The van der Waals surface area contributed by atoms with Crippen molar-refractivity contribution in [3.8, 4) is 17.2 Å². The standard InChI is InChI=1S/C22H25N3O8S/c1-30-17-5-3-2-4-15(17)13-23-21(26)22(27)24-14-20-25(8-9-33-20)34(28,29)16-6-7-18-19(12-16)32-11-10-31-18/h2-7,12,20H,8-11,13-14H2,1H3,(H,23,26)(H,24,27)/t20-/m0/s1. The Kier molecular flexibility index (Phi) is 7.20. The molecule has 2 heterocycles. The molecule has 182 valence electrons. The number of fused-ring (bicyclic) bond motifs is 1. The van der Waals surface area contributed by atoms with Gasteiger partial charge in [-0.05, 0) is 18.2 Å². The first-order chi connectivity index (χ1) is 16.4. The summed E-state index contributed by atoms with van der Waals surface area (Å²) in [5.41, 5.74) is 0.710. The van der Waals surface area contributed by atoms with Crippen LogP contribution in [-0.2, 0) is 30.9 Å². The smallest absolute Gasteiger partial charge is 0.309 e. The lowest BCUT2D eigenvalue weighted by molar-refractivity contribution is -0.139. The molecular weight excluding hydrogens is 466 g/mol. The fraction of sp³-hybridized carbons (Fsp3) is 0.364. The van der Waals surface area contributed by atoms with Gasteiger partial charge in [0.15, 0.2) is 11.5 Å². The molecule has 1 atom stereocenters. The van der Waals surface area contributed by atoms with E-state index in [1.165, 1.54) is 19.2 Å². The van der Waals surface area contributed by atoms with Crippen LogP contribution in [0.15, 0.2) is 47.4 Å². The third-order valence-corrected chi connectivity index (χ3v) is 7.22. The summed E-state index contributed by atoms with van der Waals surface area (Å²) < 4.78 is 49.1. The Morgan fingerprint density at radius 2 is 1.76 bits per heavy atom. The van der Waals surface area contributed by atoms with Crippen molar-refractivity contribution in [2.24, 2.45) is 0 Å². The van der Waals surface area contributed by atoms with Gasteiger partial charge in [0.05, 0.1) is 25.2 Å². The lowest BCUT2D eigenvalue weighted by Gasteiger charge is -2.24. The Hall–Kier alpha value is -3.35. The highest BCUT2D eigenvalue weighted by molar-refractivity contribution is 7.89. The zero-order chi connectivity index (χ0) is 24.1. The molecule has 12 heteroatoms. The maximum atomic E-state index is 13.2. The highest BCUT2D eigenvalue weighted by atomic mass is 32.2. The SMILES string of the molecule is COc1ccccc1CNC(=O)C(=O)NC[C@@H]1OCCN1S(=O)(=O)c1ccc2c(c1)OCCO2. The molecule has 2 N–H and O–H groups in total. The summed E-state index contributed by atoms with van der Waals surface area (Å²) in [6.07, 6.45) is -0.954. The second-order valence-electron chi connectivity index (χ2n) is 7.45. The monoisotopic (exact) mass is 491 g/mol. The molecule has 0 radical (unpaired) electrons. The van der Waals surface area contributed by atoms with Crippen LogP contribution in [0.25, 0.3) is 0 Å². The number of benzene rings is 2. The number of sulfonamides is 1. The molecule has 11 nitrogen and oxygen atoms in total. The van der Waals surface area contributed by atoms with Crippen molar-refractivity contribution in [2.45, 2.75) is 17.7 Å². The van der Waals surface area contributed by atoms with Crippen LogP contribution in [0.3, 0.4) is 0 Å². The minimum absolute atomic E-state index is 0.0214. The molecule has 0 unspecified atom stereocenters. The van der Waals surface area contributed by atoms with E-state index in [9.17, 15) is 18.0 Å². The van der Waals surface area contributed by atoms with Gasteiger partial charge in [0.2, 0.25) is 10.0 Å². The molecule has 1 fully saturated rings. The molecule has 0 aliphatic carbocycles. The average Bonchev–Trinajstić information content (AvgIpc) is 3.35. The van der Waals surface area contributed by atoms with Gasteiger partial charge in [-0.1, -0.05) is 18.2 Å². The Balaban J connectivity index is 1.35. The first-order valence-electron chi connectivity index (χ1n) is 10.6. The second kappa shape index (κ2) is 10.3. The second-order valence-corrected chi connectivity index (χ2v) is 9.34. The number of ether oxygens (including phenoxy) is 4. The molecule has 1 saturated heterocycles. The first kappa shape index (κ1) is 23.8. The van der Waals surface area contributed by atoms with E-state index in [1.807, 2.05) is 0 Å². The Morgan fingerprint density at radius 1 is 1.03 bits per heavy atom. The van der Waals surface area contributed by atoms with E-state index in [-0.39, 0.29) is 31.1 Å². The number of carbonyl (C=O) groups excluding carboxylic acids is 2. The molecule has 4 rings (SSSR count). The molecule has 0 saturated carbocycles. The van der Waals surface area contributed by atoms with E-state index in [0.29, 0.717) is 36.0 Å². The quantitative estimate of drug-likeness (QED) is 0.527. The van der Waals surface area contributed by atoms with Crippen molar-refractivity contribution in [2.75, 3.05) is 40.0 Å². The van der Waals surface area contributed by atoms with Crippen LogP contribution in [-0.4, -0.2) is 70.8 Å². The van der Waals surface area contributed by atoms with Gasteiger partial charge in [0, 0.05) is 24.7 Å². The summed E-state index contributed by atoms with van der Waals surface area (Å²) in [4.78, 5) is 24.5. The van der Waals surface area contributed by atoms with E-state index in [2.05, 4.69) is 10.6 Å². The topological polar surface area (TPSA) is 132 Å². The summed E-state index contributed by atoms with van der Waals surface area (Å²) in [6.45, 7) is 0.900. The van der Waals surface area contributed by atoms with Crippen LogP contribution >= 0.6 is 0 Å². The lowest BCUT2D eigenvalue weighted by atomic mass is 10.2. The van der Waals surface area contributed by atoms with Gasteiger partial charge < -0.3 is 29.6 Å². The van der Waals surface area contributed by atoms with Crippen molar-refractivity contribution in [3.05, 3.63) is 48.0 Å². The number of methoxy groups -OCH3 is 1. The largest absolute Gasteiger partial charge is 0.496 e. The third kappa shape index (κ3) is 5.08. The summed E-state index contributed by atoms with van der Waals surface area (Å²) in [5, 5.41) is 4.95. The summed E-state index contributed by atoms with van der Waals surface area (Å²) in [7, 11) is -2.42. The average molecular weight is 492 g/mol. The fourth-order valence-corrected chi connectivity index (χ4v) is 5.15.